The zero-order valence-corrected chi connectivity index (χ0v) is 16.5. The molecule has 1 aromatic carbocycles. The van der Waals surface area contributed by atoms with Crippen LogP contribution in [0.2, 0.25) is 0 Å². The van der Waals surface area contributed by atoms with E-state index in [2.05, 4.69) is 21.3 Å². The van der Waals surface area contributed by atoms with Crippen LogP contribution in [0.3, 0.4) is 0 Å². The summed E-state index contributed by atoms with van der Waals surface area (Å²) in [4.78, 5) is 33.0. The fourth-order valence-electron chi connectivity index (χ4n) is 3.56. The molecule has 0 saturated carbocycles. The van der Waals surface area contributed by atoms with Crippen LogP contribution in [0.5, 0.6) is 0 Å². The molecule has 3 heterocycles. The number of aromatic nitrogens is 1. The Hall–Kier alpha value is -2.86. The van der Waals surface area contributed by atoms with Crippen molar-refractivity contribution in [3.8, 4) is 6.07 Å². The van der Waals surface area contributed by atoms with E-state index in [-0.39, 0.29) is 31.0 Å². The van der Waals surface area contributed by atoms with E-state index < -0.39 is 6.04 Å². The monoisotopic (exact) mass is 413 g/mol. The maximum absolute atomic E-state index is 12.7. The van der Waals surface area contributed by atoms with Gasteiger partial charge in [-0.15, -0.1) is 11.8 Å². The predicted molar refractivity (Wildman–Crippen MR) is 109 cm³/mol. The lowest BCUT2D eigenvalue weighted by atomic mass is 9.99. The largest absolute Gasteiger partial charge is 0.371 e. The molecule has 0 bridgehead atoms. The number of halogens is 1. The van der Waals surface area contributed by atoms with E-state index in [4.69, 9.17) is 5.26 Å². The molecule has 2 amide bonds. The van der Waals surface area contributed by atoms with Gasteiger partial charge in [0.05, 0.1) is 36.2 Å². The Morgan fingerprint density at radius 1 is 1.34 bits per heavy atom. The van der Waals surface area contributed by atoms with Gasteiger partial charge in [0.15, 0.2) is 0 Å². The maximum atomic E-state index is 12.7. The van der Waals surface area contributed by atoms with Gasteiger partial charge in [0.1, 0.15) is 6.04 Å². The van der Waals surface area contributed by atoms with Crippen molar-refractivity contribution in [3.05, 3.63) is 36.0 Å². The van der Waals surface area contributed by atoms with E-state index in [1.165, 1.54) is 16.7 Å². The molecule has 2 fully saturated rings. The highest BCUT2D eigenvalue weighted by Gasteiger charge is 2.29. The lowest BCUT2D eigenvalue weighted by Crippen LogP contribution is -2.47. The zero-order valence-electron chi connectivity index (χ0n) is 15.7. The summed E-state index contributed by atoms with van der Waals surface area (Å²) in [6.45, 7) is 0.833. The minimum absolute atomic E-state index is 0.0642. The standard InChI is InChI=1S/C20H20FN5O2S/c21-6-13-9-25(10-13)14-1-2-18-17(5-14)16(3-4-23-18)20(28)24-8-19(27)26-12-29-11-15(26)7-22/h1-5,13,15H,6,8-12H2,(H,24,28)/t15-/m1/s1. The van der Waals surface area contributed by atoms with E-state index in [1.807, 2.05) is 18.2 Å². The molecule has 1 atom stereocenters. The third kappa shape index (κ3) is 3.85. The fraction of sp³-hybridized carbons (Fsp3) is 0.400. The van der Waals surface area contributed by atoms with Gasteiger partial charge < -0.3 is 15.1 Å². The first-order valence-electron chi connectivity index (χ1n) is 9.35. The molecule has 0 unspecified atom stereocenters. The third-order valence-corrected chi connectivity index (χ3v) is 6.27. The number of carbonyl (C=O) groups excluding carboxylic acids is 2. The first kappa shape index (κ1) is 19.5. The number of thioether (sulfide) groups is 1. The molecule has 29 heavy (non-hydrogen) atoms. The lowest BCUT2D eigenvalue weighted by Gasteiger charge is -2.39. The van der Waals surface area contributed by atoms with Gasteiger partial charge in [-0.05, 0) is 24.3 Å². The van der Waals surface area contributed by atoms with E-state index in [9.17, 15) is 14.0 Å². The minimum atomic E-state index is -0.446. The predicted octanol–water partition coefficient (Wildman–Crippen LogP) is 1.80. The number of nitriles is 1. The van der Waals surface area contributed by atoms with Crippen molar-refractivity contribution in [3.63, 3.8) is 0 Å². The smallest absolute Gasteiger partial charge is 0.252 e. The molecule has 2 aliphatic rings. The SMILES string of the molecule is N#C[C@@H]1CSCN1C(=O)CNC(=O)c1ccnc2ccc(N3CC(CF)C3)cc12. The van der Waals surface area contributed by atoms with Gasteiger partial charge in [-0.1, -0.05) is 0 Å². The normalized spacial score (nSPS) is 19.1. The van der Waals surface area contributed by atoms with Gasteiger partial charge in [-0.25, -0.2) is 0 Å². The summed E-state index contributed by atoms with van der Waals surface area (Å²) in [7, 11) is 0. The summed E-state index contributed by atoms with van der Waals surface area (Å²) < 4.78 is 12.7. The van der Waals surface area contributed by atoms with Crippen molar-refractivity contribution < 1.29 is 14.0 Å². The van der Waals surface area contributed by atoms with E-state index in [1.54, 1.807) is 12.3 Å². The molecule has 1 N–H and O–H groups in total. The highest BCUT2D eigenvalue weighted by molar-refractivity contribution is 7.99. The summed E-state index contributed by atoms with van der Waals surface area (Å²) in [5, 5.41) is 12.5. The molecule has 0 radical (unpaired) electrons. The van der Waals surface area contributed by atoms with Crippen LogP contribution in [0.1, 0.15) is 10.4 Å². The van der Waals surface area contributed by atoms with Crippen LogP contribution in [-0.4, -0.2) is 65.7 Å². The summed E-state index contributed by atoms with van der Waals surface area (Å²) in [5.74, 6) is 0.479. The number of nitrogens with zero attached hydrogens (tertiary/aromatic N) is 4. The van der Waals surface area contributed by atoms with E-state index in [0.29, 0.717) is 41.2 Å². The first-order valence-corrected chi connectivity index (χ1v) is 10.5. The van der Waals surface area contributed by atoms with Crippen molar-refractivity contribution in [1.82, 2.24) is 15.2 Å². The highest BCUT2D eigenvalue weighted by atomic mass is 32.2. The van der Waals surface area contributed by atoms with Crippen molar-refractivity contribution in [2.75, 3.05) is 42.8 Å². The van der Waals surface area contributed by atoms with Gasteiger partial charge in [0.25, 0.3) is 5.91 Å². The summed E-state index contributed by atoms with van der Waals surface area (Å²) in [6, 6.07) is 8.93. The van der Waals surface area contributed by atoms with Gasteiger partial charge in [-0.3, -0.25) is 19.0 Å². The summed E-state index contributed by atoms with van der Waals surface area (Å²) in [5.41, 5.74) is 2.03. The van der Waals surface area contributed by atoms with E-state index >= 15 is 0 Å². The highest BCUT2D eigenvalue weighted by Crippen LogP contribution is 2.29. The van der Waals surface area contributed by atoms with Crippen LogP contribution < -0.4 is 10.2 Å². The van der Waals surface area contributed by atoms with Gasteiger partial charge in [-0.2, -0.15) is 5.26 Å². The van der Waals surface area contributed by atoms with Crippen LogP contribution in [0, 0.1) is 17.2 Å². The topological polar surface area (TPSA) is 89.3 Å². The Kier molecular flexibility index (Phi) is 5.53. The molecule has 4 rings (SSSR count). The van der Waals surface area contributed by atoms with Crippen molar-refractivity contribution >= 4 is 40.2 Å². The number of hydrogen-bond donors (Lipinski definition) is 1. The Bertz CT molecular complexity index is 988. The summed E-state index contributed by atoms with van der Waals surface area (Å²) in [6.07, 6.45) is 1.56. The Morgan fingerprint density at radius 3 is 2.93 bits per heavy atom. The maximum Gasteiger partial charge on any atom is 0.252 e. The molecular weight excluding hydrogens is 393 g/mol. The van der Waals surface area contributed by atoms with Gasteiger partial charge >= 0.3 is 0 Å². The van der Waals surface area contributed by atoms with Crippen molar-refractivity contribution in [2.24, 2.45) is 5.92 Å². The van der Waals surface area contributed by atoms with Crippen LogP contribution in [0.15, 0.2) is 30.5 Å². The molecular formula is C20H20FN5O2S. The number of hydrogen-bond acceptors (Lipinski definition) is 6. The number of anilines is 1. The van der Waals surface area contributed by atoms with Crippen LogP contribution in [0.4, 0.5) is 10.1 Å². The molecule has 2 saturated heterocycles. The molecule has 0 spiro atoms. The average molecular weight is 413 g/mol. The molecule has 0 aliphatic carbocycles. The second-order valence-corrected chi connectivity index (χ2v) is 8.18. The number of nitrogens with one attached hydrogen (secondary N) is 1. The second-order valence-electron chi connectivity index (χ2n) is 7.18. The first-order chi connectivity index (χ1) is 14.1. The minimum Gasteiger partial charge on any atom is -0.371 e. The second kappa shape index (κ2) is 8.25. The van der Waals surface area contributed by atoms with Crippen LogP contribution in [0.25, 0.3) is 10.9 Å². The summed E-state index contributed by atoms with van der Waals surface area (Å²) >= 11 is 1.52. The number of fused-ring (bicyclic) bond motifs is 1. The third-order valence-electron chi connectivity index (χ3n) is 5.26. The number of carbonyl (C=O) groups is 2. The Morgan fingerprint density at radius 2 is 2.17 bits per heavy atom. The van der Waals surface area contributed by atoms with Crippen LogP contribution in [-0.2, 0) is 4.79 Å². The number of rotatable bonds is 5. The number of pyridine rings is 1. The van der Waals surface area contributed by atoms with Crippen LogP contribution >= 0.6 is 11.8 Å². The molecule has 1 aromatic heterocycles. The Balaban J connectivity index is 1.48. The van der Waals surface area contributed by atoms with Crippen molar-refractivity contribution in [1.29, 1.82) is 5.26 Å². The molecule has 2 aromatic rings. The number of alkyl halides is 1. The molecule has 9 heteroatoms. The molecule has 7 nitrogen and oxygen atoms in total. The quantitative estimate of drug-likeness (QED) is 0.804. The molecule has 150 valence electrons. The molecule has 2 aliphatic heterocycles. The fourth-order valence-corrected chi connectivity index (χ4v) is 4.66. The number of amides is 2. The van der Waals surface area contributed by atoms with Gasteiger partial charge in [0, 0.05) is 42.0 Å². The zero-order chi connectivity index (χ0) is 20.4. The van der Waals surface area contributed by atoms with Gasteiger partial charge in [0.2, 0.25) is 5.91 Å². The average Bonchev–Trinajstić information content (AvgIpc) is 3.19. The van der Waals surface area contributed by atoms with E-state index in [0.717, 1.165) is 5.69 Å². The lowest BCUT2D eigenvalue weighted by molar-refractivity contribution is -0.129. The van der Waals surface area contributed by atoms with Crippen molar-refractivity contribution in [2.45, 2.75) is 6.04 Å². The number of benzene rings is 1. The Labute approximate surface area is 171 Å².